The van der Waals surface area contributed by atoms with E-state index in [0.717, 1.165) is 36.0 Å². The van der Waals surface area contributed by atoms with E-state index in [1.54, 1.807) is 0 Å². The third-order valence-corrected chi connectivity index (χ3v) is 4.89. The molecule has 1 aromatic heterocycles. The van der Waals surface area contributed by atoms with E-state index >= 15 is 0 Å². The van der Waals surface area contributed by atoms with E-state index in [4.69, 9.17) is 22.4 Å². The van der Waals surface area contributed by atoms with Gasteiger partial charge in [0, 0.05) is 42.0 Å². The highest BCUT2D eigenvalue weighted by Gasteiger charge is 2.27. The average molecular weight is 355 g/mol. The van der Waals surface area contributed by atoms with Crippen molar-refractivity contribution in [1.29, 1.82) is 0 Å². The fraction of sp³-hybridized carbons (Fsp3) is 0.471. The number of likely N-dealkylation sites (tertiary alicyclic amines) is 1. The Balaban J connectivity index is 0.00000192. The van der Waals surface area contributed by atoms with Gasteiger partial charge in [-0.15, -0.1) is 12.4 Å². The van der Waals surface area contributed by atoms with Crippen LogP contribution in [0.15, 0.2) is 24.3 Å². The van der Waals surface area contributed by atoms with Gasteiger partial charge in [0.2, 0.25) is 0 Å². The van der Waals surface area contributed by atoms with Crippen molar-refractivity contribution in [3.8, 4) is 5.69 Å². The molecule has 2 aromatic rings. The molecule has 6 heteroatoms. The molecule has 126 valence electrons. The van der Waals surface area contributed by atoms with Crippen molar-refractivity contribution in [3.05, 3.63) is 46.2 Å². The first-order valence-electron chi connectivity index (χ1n) is 7.74. The molecule has 1 fully saturated rings. The van der Waals surface area contributed by atoms with Crippen molar-refractivity contribution in [1.82, 2.24) is 14.7 Å². The summed E-state index contributed by atoms with van der Waals surface area (Å²) in [7, 11) is 0. The smallest absolute Gasteiger partial charge is 0.0649 e. The predicted octanol–water partition coefficient (Wildman–Crippen LogP) is 3.34. The van der Waals surface area contributed by atoms with Crippen LogP contribution in [0.1, 0.15) is 23.9 Å². The molecule has 1 aliphatic heterocycles. The Morgan fingerprint density at radius 3 is 2.43 bits per heavy atom. The van der Waals surface area contributed by atoms with E-state index in [9.17, 15) is 0 Å². The van der Waals surface area contributed by atoms with Crippen LogP contribution in [0.3, 0.4) is 0 Å². The summed E-state index contributed by atoms with van der Waals surface area (Å²) in [5, 5.41) is 5.45. The van der Waals surface area contributed by atoms with Crippen molar-refractivity contribution in [2.75, 3.05) is 13.1 Å². The zero-order valence-corrected chi connectivity index (χ0v) is 15.4. The Morgan fingerprint density at radius 1 is 1.22 bits per heavy atom. The second-order valence-corrected chi connectivity index (χ2v) is 6.81. The molecule has 2 heterocycles. The molecule has 1 aromatic carbocycles. The Hall–Kier alpha value is -1.07. The number of rotatable bonds is 3. The maximum Gasteiger partial charge on any atom is 0.0649 e. The third kappa shape index (κ3) is 3.72. The molecule has 0 radical (unpaired) electrons. The van der Waals surface area contributed by atoms with Gasteiger partial charge in [-0.2, -0.15) is 5.10 Å². The van der Waals surface area contributed by atoms with Gasteiger partial charge in [-0.1, -0.05) is 18.5 Å². The van der Waals surface area contributed by atoms with Crippen LogP contribution in [0.4, 0.5) is 0 Å². The van der Waals surface area contributed by atoms with Gasteiger partial charge in [-0.3, -0.25) is 4.90 Å². The van der Waals surface area contributed by atoms with Crippen LogP contribution in [0.2, 0.25) is 5.02 Å². The minimum Gasteiger partial charge on any atom is -0.326 e. The van der Waals surface area contributed by atoms with Gasteiger partial charge < -0.3 is 5.73 Å². The fourth-order valence-electron chi connectivity index (χ4n) is 3.19. The number of hydrogen-bond acceptors (Lipinski definition) is 3. The molecule has 1 aliphatic rings. The first-order valence-corrected chi connectivity index (χ1v) is 8.12. The first-order chi connectivity index (χ1) is 10.5. The Labute approximate surface area is 149 Å². The van der Waals surface area contributed by atoms with Crippen LogP contribution in [0.25, 0.3) is 5.69 Å². The van der Waals surface area contributed by atoms with E-state index < -0.39 is 0 Å². The second-order valence-electron chi connectivity index (χ2n) is 6.37. The summed E-state index contributed by atoms with van der Waals surface area (Å²) in [4.78, 5) is 2.43. The third-order valence-electron chi connectivity index (χ3n) is 4.64. The van der Waals surface area contributed by atoms with E-state index in [1.165, 1.54) is 11.3 Å². The Bertz CT molecular complexity index is 656. The Kier molecular flexibility index (Phi) is 5.74. The fourth-order valence-corrected chi connectivity index (χ4v) is 3.31. The molecule has 0 saturated carbocycles. The summed E-state index contributed by atoms with van der Waals surface area (Å²) in [6.45, 7) is 9.38. The quantitative estimate of drug-likeness (QED) is 0.919. The molecule has 0 amide bonds. The highest BCUT2D eigenvalue weighted by atomic mass is 35.5. The lowest BCUT2D eigenvalue weighted by atomic mass is 10.1. The van der Waals surface area contributed by atoms with Crippen molar-refractivity contribution >= 4 is 24.0 Å². The zero-order chi connectivity index (χ0) is 15.9. The van der Waals surface area contributed by atoms with E-state index in [0.29, 0.717) is 5.92 Å². The topological polar surface area (TPSA) is 47.1 Å². The molecule has 23 heavy (non-hydrogen) atoms. The standard InChI is InChI=1S/C17H23ClN4.ClH/c1-11-8-21(10-17(11)19)9-16-12(2)20-22(13(16)3)15-6-4-14(18)5-7-15;/h4-7,11,17H,8-10,19H2,1-3H3;1H. The highest BCUT2D eigenvalue weighted by Crippen LogP contribution is 2.23. The van der Waals surface area contributed by atoms with Gasteiger partial charge in [0.1, 0.15) is 0 Å². The molecule has 0 bridgehead atoms. The molecule has 0 aliphatic carbocycles. The zero-order valence-electron chi connectivity index (χ0n) is 13.8. The van der Waals surface area contributed by atoms with Gasteiger partial charge in [0.15, 0.2) is 0 Å². The number of benzene rings is 1. The van der Waals surface area contributed by atoms with Crippen LogP contribution < -0.4 is 5.73 Å². The van der Waals surface area contributed by atoms with Crippen LogP contribution in [-0.4, -0.2) is 33.8 Å². The summed E-state index contributed by atoms with van der Waals surface area (Å²) in [5.74, 6) is 0.562. The monoisotopic (exact) mass is 354 g/mol. The van der Waals surface area contributed by atoms with E-state index in [1.807, 2.05) is 28.9 Å². The molecular weight excluding hydrogens is 331 g/mol. The van der Waals surface area contributed by atoms with Crippen molar-refractivity contribution < 1.29 is 0 Å². The first kappa shape index (κ1) is 18.3. The summed E-state index contributed by atoms with van der Waals surface area (Å²) >= 11 is 5.97. The average Bonchev–Trinajstić information content (AvgIpc) is 2.94. The maximum atomic E-state index is 6.13. The molecule has 2 N–H and O–H groups in total. The molecule has 2 atom stereocenters. The van der Waals surface area contributed by atoms with Gasteiger partial charge in [-0.05, 0) is 44.0 Å². The SMILES string of the molecule is Cc1nn(-c2ccc(Cl)cc2)c(C)c1CN1CC(C)C(N)C1.Cl. The van der Waals surface area contributed by atoms with Crippen molar-refractivity contribution in [3.63, 3.8) is 0 Å². The summed E-state index contributed by atoms with van der Waals surface area (Å²) in [5.41, 5.74) is 10.8. The Morgan fingerprint density at radius 2 is 1.87 bits per heavy atom. The van der Waals surface area contributed by atoms with Crippen LogP contribution in [-0.2, 0) is 6.54 Å². The van der Waals surface area contributed by atoms with E-state index in [2.05, 4.69) is 25.7 Å². The van der Waals surface area contributed by atoms with Crippen LogP contribution in [0, 0.1) is 19.8 Å². The van der Waals surface area contributed by atoms with Gasteiger partial charge in [0.05, 0.1) is 11.4 Å². The molecule has 0 spiro atoms. The number of nitrogens with two attached hydrogens (primary N) is 1. The highest BCUT2D eigenvalue weighted by molar-refractivity contribution is 6.30. The number of aromatic nitrogens is 2. The number of nitrogens with zero attached hydrogens (tertiary/aromatic N) is 3. The van der Waals surface area contributed by atoms with Gasteiger partial charge in [-0.25, -0.2) is 4.68 Å². The van der Waals surface area contributed by atoms with Crippen LogP contribution >= 0.6 is 24.0 Å². The molecule has 2 unspecified atom stereocenters. The number of hydrogen-bond donors (Lipinski definition) is 1. The molecular formula is C17H24Cl2N4. The molecule has 1 saturated heterocycles. The van der Waals surface area contributed by atoms with Gasteiger partial charge >= 0.3 is 0 Å². The lowest BCUT2D eigenvalue weighted by Gasteiger charge is -2.15. The maximum absolute atomic E-state index is 6.13. The lowest BCUT2D eigenvalue weighted by Crippen LogP contribution is -2.28. The largest absolute Gasteiger partial charge is 0.326 e. The minimum absolute atomic E-state index is 0. The van der Waals surface area contributed by atoms with Crippen molar-refractivity contribution in [2.45, 2.75) is 33.4 Å². The second kappa shape index (κ2) is 7.22. The summed E-state index contributed by atoms with van der Waals surface area (Å²) in [6.07, 6.45) is 0. The lowest BCUT2D eigenvalue weighted by molar-refractivity contribution is 0.317. The van der Waals surface area contributed by atoms with Gasteiger partial charge in [0.25, 0.3) is 0 Å². The van der Waals surface area contributed by atoms with E-state index in [-0.39, 0.29) is 18.4 Å². The van der Waals surface area contributed by atoms with Crippen LogP contribution in [0.5, 0.6) is 0 Å². The molecule has 4 nitrogen and oxygen atoms in total. The summed E-state index contributed by atoms with van der Waals surface area (Å²) < 4.78 is 2.00. The van der Waals surface area contributed by atoms with Crippen molar-refractivity contribution in [2.24, 2.45) is 11.7 Å². The number of aryl methyl sites for hydroxylation is 1. The predicted molar refractivity (Wildman–Crippen MR) is 97.7 cm³/mol. The normalized spacial score (nSPS) is 21.4. The number of halogens is 2. The minimum atomic E-state index is 0. The summed E-state index contributed by atoms with van der Waals surface area (Å²) in [6, 6.07) is 8.08. The molecule has 3 rings (SSSR count).